The lowest BCUT2D eigenvalue weighted by atomic mass is 9.83. The van der Waals surface area contributed by atoms with E-state index in [1.54, 1.807) is 18.2 Å². The van der Waals surface area contributed by atoms with Gasteiger partial charge in [0.1, 0.15) is 11.6 Å². The Morgan fingerprint density at radius 2 is 1.85 bits per heavy atom. The minimum absolute atomic E-state index is 0. The number of carboxylic acid groups (broad SMARTS) is 1. The van der Waals surface area contributed by atoms with E-state index in [1.165, 1.54) is 19.1 Å². The van der Waals surface area contributed by atoms with Crippen LogP contribution in [0.5, 0.6) is 17.2 Å². The minimum Gasteiger partial charge on any atom is -0.493 e. The fourth-order valence-electron chi connectivity index (χ4n) is 4.73. The summed E-state index contributed by atoms with van der Waals surface area (Å²) in [6.45, 7) is 6.33. The van der Waals surface area contributed by atoms with Crippen LogP contribution in [-0.4, -0.2) is 55.0 Å². The first kappa shape index (κ1) is 33.6. The number of methoxy groups -OCH3 is 2. The number of hydrogen-bond donors (Lipinski definition) is 2. The molecule has 0 fully saturated rings. The fourth-order valence-corrected chi connectivity index (χ4v) is 4.73. The zero-order chi connectivity index (χ0) is 29.6. The molecule has 222 valence electrons. The van der Waals surface area contributed by atoms with Crippen LogP contribution >= 0.6 is 17.0 Å². The number of rotatable bonds is 13. The number of nitrogens with one attached hydrogen (secondary N) is 1. The van der Waals surface area contributed by atoms with E-state index in [0.29, 0.717) is 42.7 Å². The zero-order valence-corrected chi connectivity index (χ0v) is 25.8. The summed E-state index contributed by atoms with van der Waals surface area (Å²) in [5, 5.41) is 26.7. The van der Waals surface area contributed by atoms with Gasteiger partial charge in [-0.15, -0.1) is 17.0 Å². The number of carbonyl (C=O) groups is 2. The molecule has 1 heterocycles. The van der Waals surface area contributed by atoms with Gasteiger partial charge in [-0.05, 0) is 54.0 Å². The van der Waals surface area contributed by atoms with Crippen molar-refractivity contribution in [2.24, 2.45) is 0 Å². The molecule has 0 saturated carbocycles. The number of unbranched alkanes of at least 4 members (excludes halogenated alkanes) is 1. The lowest BCUT2D eigenvalue weighted by molar-refractivity contribution is -0.137. The van der Waals surface area contributed by atoms with Gasteiger partial charge in [0.15, 0.2) is 23.1 Å². The van der Waals surface area contributed by atoms with Gasteiger partial charge in [-0.25, -0.2) is 4.39 Å². The number of fused-ring (bicyclic) bond motifs is 1. The summed E-state index contributed by atoms with van der Waals surface area (Å²) >= 11 is 0. The summed E-state index contributed by atoms with van der Waals surface area (Å²) in [7, 11) is 2.73. The number of halogens is 2. The standard InChI is InChI=1S/C30H36FN3O6.BrH/c1-30(2,3)21-14-19(13-18(9-8-11-32)27(21)40-12-7-6-10-24(36)37)22(35)17-34-16-20-15-23(38-4)28(39-5)26(31)25(20)29(34)33;/h13-15,33H,6-10,12,16-17H2,1-5H3,(H,36,37);1H. The van der Waals surface area contributed by atoms with Gasteiger partial charge in [0.2, 0.25) is 0 Å². The van der Waals surface area contributed by atoms with Gasteiger partial charge in [-0.1, -0.05) is 20.8 Å². The number of aliphatic carboxylic acids is 1. The number of carboxylic acids is 1. The van der Waals surface area contributed by atoms with Gasteiger partial charge in [0.05, 0.1) is 39.0 Å². The second-order valence-corrected chi connectivity index (χ2v) is 10.7. The van der Waals surface area contributed by atoms with Crippen LogP contribution in [0, 0.1) is 22.6 Å². The van der Waals surface area contributed by atoms with E-state index in [4.69, 9.17) is 24.7 Å². The van der Waals surface area contributed by atoms with Crippen LogP contribution < -0.4 is 14.2 Å². The topological polar surface area (TPSA) is 133 Å². The third-order valence-electron chi connectivity index (χ3n) is 6.78. The van der Waals surface area contributed by atoms with Crippen LogP contribution in [0.3, 0.4) is 0 Å². The van der Waals surface area contributed by atoms with Crippen molar-refractivity contribution in [1.29, 1.82) is 10.7 Å². The number of nitriles is 1. The predicted octanol–water partition coefficient (Wildman–Crippen LogP) is 5.83. The maximum Gasteiger partial charge on any atom is 0.303 e. The highest BCUT2D eigenvalue weighted by atomic mass is 79.9. The number of nitrogens with zero attached hydrogens (tertiary/aromatic N) is 2. The highest BCUT2D eigenvalue weighted by Crippen LogP contribution is 2.39. The van der Waals surface area contributed by atoms with E-state index in [9.17, 15) is 14.9 Å². The molecule has 41 heavy (non-hydrogen) atoms. The molecule has 1 aliphatic rings. The van der Waals surface area contributed by atoms with Crippen molar-refractivity contribution in [1.82, 2.24) is 4.90 Å². The first-order valence-electron chi connectivity index (χ1n) is 13.1. The Bertz CT molecular complexity index is 1350. The predicted molar refractivity (Wildman–Crippen MR) is 157 cm³/mol. The largest absolute Gasteiger partial charge is 0.493 e. The Kier molecular flexibility index (Phi) is 11.7. The summed E-state index contributed by atoms with van der Waals surface area (Å²) in [5.74, 6) is -1.18. The first-order valence-corrected chi connectivity index (χ1v) is 13.1. The molecule has 0 bridgehead atoms. The van der Waals surface area contributed by atoms with Gasteiger partial charge in [-0.2, -0.15) is 5.26 Å². The molecule has 0 unspecified atom stereocenters. The van der Waals surface area contributed by atoms with Crippen molar-refractivity contribution in [2.75, 3.05) is 27.4 Å². The van der Waals surface area contributed by atoms with Crippen molar-refractivity contribution in [3.8, 4) is 23.3 Å². The normalized spacial score (nSPS) is 12.3. The number of hydrogen-bond acceptors (Lipinski definition) is 7. The molecule has 9 nitrogen and oxygen atoms in total. The second kappa shape index (κ2) is 14.3. The summed E-state index contributed by atoms with van der Waals surface area (Å²) in [6.07, 6.45) is 1.69. The molecule has 1 aliphatic heterocycles. The quantitative estimate of drug-likeness (QED) is 0.208. The van der Waals surface area contributed by atoms with E-state index >= 15 is 4.39 Å². The molecular formula is C30H37BrFN3O6. The molecule has 2 aromatic rings. The molecule has 0 aliphatic carbocycles. The molecule has 0 saturated heterocycles. The van der Waals surface area contributed by atoms with Gasteiger partial charge in [-0.3, -0.25) is 15.0 Å². The number of aryl methyl sites for hydroxylation is 1. The molecule has 0 spiro atoms. The van der Waals surface area contributed by atoms with Crippen LogP contribution in [-0.2, 0) is 23.2 Å². The van der Waals surface area contributed by atoms with E-state index < -0.39 is 17.2 Å². The minimum atomic E-state index is -0.858. The van der Waals surface area contributed by atoms with Crippen LogP contribution in [0.25, 0.3) is 0 Å². The molecule has 0 atom stereocenters. The lowest BCUT2D eigenvalue weighted by Gasteiger charge is -2.26. The van der Waals surface area contributed by atoms with E-state index in [0.717, 1.165) is 11.1 Å². The number of ether oxygens (including phenoxy) is 3. The second-order valence-electron chi connectivity index (χ2n) is 10.7. The molecule has 0 radical (unpaired) electrons. The third kappa shape index (κ3) is 7.76. The van der Waals surface area contributed by atoms with Crippen LogP contribution in [0.2, 0.25) is 0 Å². The Balaban J connectivity index is 0.00000588. The van der Waals surface area contributed by atoms with Gasteiger partial charge >= 0.3 is 5.97 Å². The summed E-state index contributed by atoms with van der Waals surface area (Å²) in [6, 6.07) is 7.27. The van der Waals surface area contributed by atoms with E-state index in [2.05, 4.69) is 6.07 Å². The Hall–Kier alpha value is -3.65. The Morgan fingerprint density at radius 1 is 1.15 bits per heavy atom. The van der Waals surface area contributed by atoms with Crippen LogP contribution in [0.15, 0.2) is 18.2 Å². The van der Waals surface area contributed by atoms with Gasteiger partial charge < -0.3 is 24.2 Å². The molecule has 0 aromatic heterocycles. The van der Waals surface area contributed by atoms with Crippen molar-refractivity contribution in [2.45, 2.75) is 64.8 Å². The number of benzene rings is 2. The van der Waals surface area contributed by atoms with Gasteiger partial charge in [0, 0.05) is 30.5 Å². The van der Waals surface area contributed by atoms with Crippen molar-refractivity contribution in [3.05, 3.63) is 51.8 Å². The number of ketones is 1. The maximum atomic E-state index is 15.2. The molecule has 11 heteroatoms. The summed E-state index contributed by atoms with van der Waals surface area (Å²) in [4.78, 5) is 25.9. The average Bonchev–Trinajstić information content (AvgIpc) is 3.20. The zero-order valence-electron chi connectivity index (χ0n) is 24.1. The van der Waals surface area contributed by atoms with Crippen molar-refractivity contribution in [3.63, 3.8) is 0 Å². The molecule has 0 amide bonds. The molecule has 3 rings (SSSR count). The first-order chi connectivity index (χ1) is 18.9. The van der Waals surface area contributed by atoms with E-state index in [1.807, 2.05) is 20.8 Å². The molecular weight excluding hydrogens is 597 g/mol. The lowest BCUT2D eigenvalue weighted by Crippen LogP contribution is -2.31. The van der Waals surface area contributed by atoms with Gasteiger partial charge in [0.25, 0.3) is 0 Å². The highest BCUT2D eigenvalue weighted by Gasteiger charge is 2.33. The fraction of sp³-hybridized carbons (Fsp3) is 0.467. The maximum absolute atomic E-state index is 15.2. The highest BCUT2D eigenvalue weighted by molar-refractivity contribution is 8.93. The number of amidine groups is 1. The molecule has 2 N–H and O–H groups in total. The monoisotopic (exact) mass is 633 g/mol. The Labute approximate surface area is 250 Å². The number of Topliss-reactive ketones (excluding diaryl/α,β-unsaturated/α-hetero) is 1. The average molecular weight is 635 g/mol. The summed E-state index contributed by atoms with van der Waals surface area (Å²) in [5.41, 5.74) is 2.14. The van der Waals surface area contributed by atoms with E-state index in [-0.39, 0.29) is 71.6 Å². The Morgan fingerprint density at radius 3 is 2.44 bits per heavy atom. The van der Waals surface area contributed by atoms with Crippen molar-refractivity contribution >= 4 is 34.6 Å². The number of carbonyl (C=O) groups excluding carboxylic acids is 1. The van der Waals surface area contributed by atoms with Crippen molar-refractivity contribution < 1.29 is 33.3 Å². The molecule has 2 aromatic carbocycles. The van der Waals surface area contributed by atoms with Crippen LogP contribution in [0.4, 0.5) is 4.39 Å². The third-order valence-corrected chi connectivity index (χ3v) is 6.78. The summed E-state index contributed by atoms with van der Waals surface area (Å²) < 4.78 is 31.7. The smallest absolute Gasteiger partial charge is 0.303 e. The SMILES string of the molecule is Br.COc1cc2c(c(F)c1OC)C(=N)N(CC(=O)c1cc(CCC#N)c(OCCCCC(=O)O)c(C(C)(C)C)c1)C2. The van der Waals surface area contributed by atoms with Crippen LogP contribution in [0.1, 0.15) is 79.1 Å².